The molecule has 8 rings (SSSR count). The summed E-state index contributed by atoms with van der Waals surface area (Å²) in [5, 5.41) is 33.6. The summed E-state index contributed by atoms with van der Waals surface area (Å²) in [6, 6.07) is 5.56. The number of allylic oxidation sites excluding steroid dienone is 2. The molecule has 6 aliphatic carbocycles. The molecule has 3 saturated carbocycles. The molecule has 11 nitrogen and oxygen atoms in total. The van der Waals surface area contributed by atoms with Crippen LogP contribution in [0.2, 0.25) is 0 Å². The van der Waals surface area contributed by atoms with Gasteiger partial charge in [0.25, 0.3) is 0 Å². The predicted molar refractivity (Wildman–Crippen MR) is 151 cm³/mol. The van der Waals surface area contributed by atoms with Crippen molar-refractivity contribution in [3.05, 3.63) is 74.9 Å². The number of aliphatic hydroxyl groups excluding tert-OH is 1. The molecular weight excluding hydrogens is 584 g/mol. The van der Waals surface area contributed by atoms with Crippen molar-refractivity contribution >= 4 is 40.8 Å². The number of carbonyl (C=O) groups excluding carboxylic acids is 6. The normalized spacial score (nSPS) is 34.6. The third-order valence-corrected chi connectivity index (χ3v) is 10.9. The second kappa shape index (κ2) is 8.15. The van der Waals surface area contributed by atoms with E-state index in [1.807, 2.05) is 0 Å². The van der Waals surface area contributed by atoms with E-state index in [0.29, 0.717) is 11.1 Å². The van der Waals surface area contributed by atoms with E-state index in [2.05, 4.69) is 0 Å². The molecule has 6 aliphatic rings. The molecule has 0 aromatic heterocycles. The van der Waals surface area contributed by atoms with Crippen molar-refractivity contribution in [1.29, 1.82) is 0 Å². The van der Waals surface area contributed by atoms with Gasteiger partial charge in [0.1, 0.15) is 29.5 Å². The second-order valence-corrected chi connectivity index (χ2v) is 13.0. The number of ketones is 4. The minimum absolute atomic E-state index is 0.104. The Balaban J connectivity index is 1.55. The molecule has 8 unspecified atom stereocenters. The summed E-state index contributed by atoms with van der Waals surface area (Å²) < 4.78 is 11.7. The van der Waals surface area contributed by atoms with Gasteiger partial charge in [-0.15, -0.1) is 0 Å². The van der Waals surface area contributed by atoms with E-state index in [4.69, 9.17) is 9.47 Å². The van der Waals surface area contributed by atoms with Crippen molar-refractivity contribution in [3.8, 4) is 11.5 Å². The smallest absolute Gasteiger partial charge is 0.302 e. The first-order valence-corrected chi connectivity index (χ1v) is 14.6. The lowest BCUT2D eigenvalue weighted by Crippen LogP contribution is -2.63. The van der Waals surface area contributed by atoms with Gasteiger partial charge in [-0.05, 0) is 49.2 Å². The number of aryl methyl sites for hydroxylation is 2. The monoisotopic (exact) mass is 610 g/mol. The number of phenolic OH excluding ortho intramolecular Hbond substituents is 2. The fourth-order valence-electron chi connectivity index (χ4n) is 9.98. The van der Waals surface area contributed by atoms with E-state index in [1.165, 1.54) is 30.3 Å². The summed E-state index contributed by atoms with van der Waals surface area (Å²) in [6.45, 7) is 5.52. The minimum atomic E-state index is -2.07. The number of hydrogen-bond donors (Lipinski definition) is 3. The number of aromatic hydroxyl groups is 2. The topological polar surface area (TPSA) is 182 Å². The van der Waals surface area contributed by atoms with E-state index >= 15 is 9.59 Å². The lowest BCUT2D eigenvalue weighted by Gasteiger charge is -2.53. The third kappa shape index (κ3) is 2.75. The van der Waals surface area contributed by atoms with Crippen molar-refractivity contribution in [2.75, 3.05) is 0 Å². The van der Waals surface area contributed by atoms with Crippen LogP contribution in [0, 0.1) is 48.3 Å². The summed E-state index contributed by atoms with van der Waals surface area (Å²) in [5.41, 5.74) is -4.43. The molecule has 228 valence electrons. The Morgan fingerprint density at radius 2 is 1.24 bits per heavy atom. The van der Waals surface area contributed by atoms with Crippen molar-refractivity contribution in [3.63, 3.8) is 0 Å². The molecule has 45 heavy (non-hydrogen) atoms. The SMILES string of the molecule is CC(=O)OC1C2C(=O)C3=C(O)c4c(O)cc(C)cc4C(=O)C34C3C=C5C(=O)c6c(O)cc(C)cc6C(=O)C52C(C3OC(C)=O)C14. The number of fused-ring (bicyclic) bond motifs is 4. The van der Waals surface area contributed by atoms with E-state index in [1.54, 1.807) is 13.8 Å². The number of benzene rings is 2. The standard InChI is InChI=1S/C34H26O11/c1-10-5-14-20(18(37)7-10)26(39)16-9-17-29(44-12(3)35)22-23-30(45-13(4)36)25(33(16,22)31(14)42)28(41)24-27(40)21-15(32(43)34(17,23)24)6-11(2)8-19(21)38/h5-9,17,22-23,25,29-30,37-38,40H,1-4H3. The lowest BCUT2D eigenvalue weighted by atomic mass is 9.47. The number of ether oxygens (including phenoxy) is 2. The van der Waals surface area contributed by atoms with Crippen LogP contribution < -0.4 is 0 Å². The average molecular weight is 611 g/mol. The first kappa shape index (κ1) is 27.5. The van der Waals surface area contributed by atoms with Crippen LogP contribution in [0.5, 0.6) is 11.5 Å². The molecule has 0 radical (unpaired) electrons. The van der Waals surface area contributed by atoms with Crippen LogP contribution in [0.15, 0.2) is 41.5 Å². The molecule has 2 aromatic carbocycles. The van der Waals surface area contributed by atoms with Gasteiger partial charge in [0.05, 0.1) is 33.4 Å². The summed E-state index contributed by atoms with van der Waals surface area (Å²) in [7, 11) is 0. The Kier molecular flexibility index (Phi) is 4.98. The first-order valence-electron chi connectivity index (χ1n) is 14.6. The van der Waals surface area contributed by atoms with Gasteiger partial charge in [0.15, 0.2) is 23.1 Å². The van der Waals surface area contributed by atoms with Crippen LogP contribution in [0.3, 0.4) is 0 Å². The van der Waals surface area contributed by atoms with Crippen LogP contribution in [-0.4, -0.2) is 62.6 Å². The van der Waals surface area contributed by atoms with Crippen molar-refractivity contribution in [2.24, 2.45) is 34.5 Å². The number of phenols is 2. The molecular formula is C34H26O11. The van der Waals surface area contributed by atoms with Crippen molar-refractivity contribution in [1.82, 2.24) is 0 Å². The summed E-state index contributed by atoms with van der Waals surface area (Å²) in [6.07, 6.45) is -1.26. The molecule has 3 fully saturated rings. The Bertz CT molecular complexity index is 2000. The Labute approximate surface area is 255 Å². The highest BCUT2D eigenvalue weighted by molar-refractivity contribution is 6.31. The Morgan fingerprint density at radius 1 is 0.733 bits per heavy atom. The van der Waals surface area contributed by atoms with Gasteiger partial charge in [0.2, 0.25) is 0 Å². The lowest BCUT2D eigenvalue weighted by molar-refractivity contribution is -0.157. The highest BCUT2D eigenvalue weighted by Gasteiger charge is 2.89. The number of Topliss-reactive ketones (excluding diaryl/α,β-unsaturated/α-hetero) is 4. The molecule has 0 amide bonds. The fraction of sp³-hybridized carbons (Fsp3) is 0.353. The van der Waals surface area contributed by atoms with Gasteiger partial charge in [0, 0.05) is 48.3 Å². The zero-order valence-corrected chi connectivity index (χ0v) is 24.5. The number of aliphatic hydroxyl groups is 1. The molecule has 0 heterocycles. The van der Waals surface area contributed by atoms with Crippen molar-refractivity contribution in [2.45, 2.75) is 39.9 Å². The first-order chi connectivity index (χ1) is 21.2. The van der Waals surface area contributed by atoms with Gasteiger partial charge in [-0.1, -0.05) is 6.08 Å². The number of carbonyl (C=O) groups is 6. The molecule has 2 spiro atoms. The second-order valence-electron chi connectivity index (χ2n) is 13.0. The van der Waals surface area contributed by atoms with E-state index in [-0.39, 0.29) is 33.4 Å². The highest BCUT2D eigenvalue weighted by atomic mass is 16.6. The van der Waals surface area contributed by atoms with Gasteiger partial charge >= 0.3 is 11.9 Å². The molecule has 3 N–H and O–H groups in total. The zero-order valence-electron chi connectivity index (χ0n) is 24.5. The number of esters is 2. The summed E-state index contributed by atoms with van der Waals surface area (Å²) in [5.74, 6) is -11.4. The molecule has 0 aliphatic heterocycles. The molecule has 0 saturated heterocycles. The van der Waals surface area contributed by atoms with Crippen LogP contribution in [0.4, 0.5) is 0 Å². The number of hydrogen-bond acceptors (Lipinski definition) is 11. The molecule has 4 bridgehead atoms. The maximum Gasteiger partial charge on any atom is 0.302 e. The maximum atomic E-state index is 15.0. The molecule has 2 aromatic rings. The van der Waals surface area contributed by atoms with E-state index in [9.17, 15) is 34.5 Å². The fourth-order valence-corrected chi connectivity index (χ4v) is 9.98. The van der Waals surface area contributed by atoms with E-state index < -0.39 is 99.0 Å². The zero-order chi connectivity index (χ0) is 32.2. The summed E-state index contributed by atoms with van der Waals surface area (Å²) >= 11 is 0. The van der Waals surface area contributed by atoms with Crippen LogP contribution >= 0.6 is 0 Å². The van der Waals surface area contributed by atoms with Gasteiger partial charge < -0.3 is 24.8 Å². The Morgan fingerprint density at radius 3 is 1.84 bits per heavy atom. The van der Waals surface area contributed by atoms with Gasteiger partial charge in [-0.3, -0.25) is 28.8 Å². The van der Waals surface area contributed by atoms with E-state index in [0.717, 1.165) is 13.8 Å². The summed E-state index contributed by atoms with van der Waals surface area (Å²) in [4.78, 5) is 84.6. The van der Waals surface area contributed by atoms with Gasteiger partial charge in [-0.2, -0.15) is 0 Å². The quantitative estimate of drug-likeness (QED) is 0.425. The van der Waals surface area contributed by atoms with Gasteiger partial charge in [-0.25, -0.2) is 0 Å². The number of rotatable bonds is 2. The Hall–Kier alpha value is -5.06. The predicted octanol–water partition coefficient (Wildman–Crippen LogP) is 3.11. The maximum absolute atomic E-state index is 15.0. The highest BCUT2D eigenvalue weighted by Crippen LogP contribution is 2.80. The average Bonchev–Trinajstić information content (AvgIpc) is 3.28. The third-order valence-electron chi connectivity index (χ3n) is 10.9. The minimum Gasteiger partial charge on any atom is -0.507 e. The largest absolute Gasteiger partial charge is 0.507 e. The molecule has 11 heteroatoms. The van der Waals surface area contributed by atoms with Crippen molar-refractivity contribution < 1.29 is 53.6 Å². The van der Waals surface area contributed by atoms with Crippen LogP contribution in [0.1, 0.15) is 61.6 Å². The van der Waals surface area contributed by atoms with Crippen LogP contribution in [-0.2, 0) is 23.9 Å². The molecule has 8 atom stereocenters. The van der Waals surface area contributed by atoms with Crippen LogP contribution in [0.25, 0.3) is 5.76 Å².